The summed E-state index contributed by atoms with van der Waals surface area (Å²) in [5.41, 5.74) is 1.07. The Bertz CT molecular complexity index is 291. The second-order valence-corrected chi connectivity index (χ2v) is 2.90. The Labute approximate surface area is 96.9 Å². The molecule has 0 aliphatic rings. The lowest BCUT2D eigenvalue weighted by Crippen LogP contribution is -1.68. The molecule has 0 saturated heterocycles. The smallest absolute Gasteiger partial charge is 0.0256 e. The summed E-state index contributed by atoms with van der Waals surface area (Å²) < 4.78 is 0. The van der Waals surface area contributed by atoms with Gasteiger partial charge >= 0.3 is 0 Å². The van der Waals surface area contributed by atoms with Crippen LogP contribution in [0.5, 0.6) is 0 Å². The van der Waals surface area contributed by atoms with Gasteiger partial charge in [0.15, 0.2) is 0 Å². The first-order chi connectivity index (χ1) is 6.85. The molecule has 0 aliphatic carbocycles. The fourth-order valence-corrected chi connectivity index (χ4v) is 0.902. The normalized spacial score (nSPS) is 14.0. The Kier molecular flexibility index (Phi) is 9.59. The summed E-state index contributed by atoms with van der Waals surface area (Å²) in [5.74, 6) is 0. The number of rotatable bonds is 5. The number of hydrogen-bond donors (Lipinski definition) is 2. The van der Waals surface area contributed by atoms with Crippen molar-refractivity contribution < 1.29 is 0 Å². The molecule has 2 heteroatoms. The van der Waals surface area contributed by atoms with E-state index in [0.29, 0.717) is 0 Å². The van der Waals surface area contributed by atoms with E-state index in [9.17, 15) is 0 Å². The molecule has 0 spiro atoms. The molecule has 0 rings (SSSR count). The fraction of sp³-hybridized carbons (Fsp3) is 0. The number of thiol groups is 2. The van der Waals surface area contributed by atoms with Crippen molar-refractivity contribution in [2.45, 2.75) is 0 Å². The van der Waals surface area contributed by atoms with E-state index in [-0.39, 0.29) is 0 Å². The van der Waals surface area contributed by atoms with Gasteiger partial charge in [0.05, 0.1) is 0 Å². The average molecular weight is 222 g/mol. The molecule has 0 radical (unpaired) electrons. The highest BCUT2D eigenvalue weighted by atomic mass is 32.1. The van der Waals surface area contributed by atoms with Crippen LogP contribution >= 0.6 is 25.3 Å². The van der Waals surface area contributed by atoms with E-state index >= 15 is 0 Å². The summed E-state index contributed by atoms with van der Waals surface area (Å²) in [4.78, 5) is 0. The van der Waals surface area contributed by atoms with Gasteiger partial charge in [-0.3, -0.25) is 0 Å². The van der Waals surface area contributed by atoms with Crippen LogP contribution in [0.3, 0.4) is 0 Å². The van der Waals surface area contributed by atoms with Crippen LogP contribution in [0.25, 0.3) is 0 Å². The zero-order valence-electron chi connectivity index (χ0n) is 7.88. The Morgan fingerprint density at radius 3 is 2.07 bits per heavy atom. The minimum atomic E-state index is 1.07. The van der Waals surface area contributed by atoms with Gasteiger partial charge < -0.3 is 0 Å². The summed E-state index contributed by atoms with van der Waals surface area (Å²) in [6, 6.07) is 0. The first kappa shape index (κ1) is 13.1. The standard InChI is InChI=1S/C12H14S2/c1-2-3-7-12(9-6-11-14)8-4-5-10-13/h2-11,13-14H,1H2/b7-3+,8-4+,10-5-,11-6-,12-9-. The molecular weight excluding hydrogens is 208 g/mol. The molecule has 74 valence electrons. The van der Waals surface area contributed by atoms with Crippen molar-refractivity contribution in [1.29, 1.82) is 0 Å². The van der Waals surface area contributed by atoms with Crippen LogP contribution in [0.2, 0.25) is 0 Å². The Hall–Kier alpha value is -0.860. The van der Waals surface area contributed by atoms with Crippen LogP contribution in [-0.2, 0) is 0 Å². The van der Waals surface area contributed by atoms with E-state index in [1.807, 2.05) is 42.5 Å². The third-order valence-corrected chi connectivity index (χ3v) is 1.63. The van der Waals surface area contributed by atoms with Crippen molar-refractivity contribution in [1.82, 2.24) is 0 Å². The molecule has 0 amide bonds. The summed E-state index contributed by atoms with van der Waals surface area (Å²) >= 11 is 7.93. The van der Waals surface area contributed by atoms with Crippen LogP contribution < -0.4 is 0 Å². The van der Waals surface area contributed by atoms with E-state index in [1.165, 1.54) is 0 Å². The van der Waals surface area contributed by atoms with Gasteiger partial charge in [-0.25, -0.2) is 0 Å². The monoisotopic (exact) mass is 222 g/mol. The van der Waals surface area contributed by atoms with Crippen LogP contribution in [0.15, 0.2) is 71.6 Å². The summed E-state index contributed by atoms with van der Waals surface area (Å²) in [6.45, 7) is 3.61. The fourth-order valence-electron chi connectivity index (χ4n) is 0.716. The van der Waals surface area contributed by atoms with Gasteiger partial charge in [-0.1, -0.05) is 55.2 Å². The zero-order valence-corrected chi connectivity index (χ0v) is 9.66. The van der Waals surface area contributed by atoms with Crippen molar-refractivity contribution in [2.75, 3.05) is 0 Å². The van der Waals surface area contributed by atoms with Crippen LogP contribution in [0, 0.1) is 0 Å². The predicted octanol–water partition coefficient (Wildman–Crippen LogP) is 4.10. The molecule has 0 aromatic carbocycles. The van der Waals surface area contributed by atoms with Gasteiger partial charge in [0.25, 0.3) is 0 Å². The number of allylic oxidation sites excluding steroid dienone is 9. The Morgan fingerprint density at radius 2 is 1.50 bits per heavy atom. The minimum absolute atomic E-state index is 1.07. The average Bonchev–Trinajstić information content (AvgIpc) is 2.21. The van der Waals surface area contributed by atoms with E-state index in [4.69, 9.17) is 0 Å². The highest BCUT2D eigenvalue weighted by molar-refractivity contribution is 7.83. The second-order valence-electron chi connectivity index (χ2n) is 2.30. The first-order valence-electron chi connectivity index (χ1n) is 4.12. The molecule has 0 aliphatic heterocycles. The molecule has 0 aromatic heterocycles. The minimum Gasteiger partial charge on any atom is -0.151 e. The van der Waals surface area contributed by atoms with Crippen LogP contribution in [0.4, 0.5) is 0 Å². The predicted molar refractivity (Wildman–Crippen MR) is 72.8 cm³/mol. The number of hydrogen-bond acceptors (Lipinski definition) is 2. The lowest BCUT2D eigenvalue weighted by atomic mass is 10.2. The summed E-state index contributed by atoms with van der Waals surface area (Å²) in [5, 5.41) is 3.36. The van der Waals surface area contributed by atoms with Gasteiger partial charge in [-0.2, -0.15) is 25.3 Å². The van der Waals surface area contributed by atoms with E-state index in [1.54, 1.807) is 16.9 Å². The van der Waals surface area contributed by atoms with Gasteiger partial charge in [0.2, 0.25) is 0 Å². The van der Waals surface area contributed by atoms with Crippen LogP contribution in [-0.4, -0.2) is 0 Å². The maximum Gasteiger partial charge on any atom is -0.0256 e. The van der Waals surface area contributed by atoms with Gasteiger partial charge in [-0.05, 0) is 16.4 Å². The maximum atomic E-state index is 3.98. The topological polar surface area (TPSA) is 0 Å². The molecule has 0 aromatic rings. The Balaban J connectivity index is 4.54. The molecule has 0 unspecified atom stereocenters. The van der Waals surface area contributed by atoms with Crippen molar-refractivity contribution in [2.24, 2.45) is 0 Å². The second kappa shape index (κ2) is 10.2. The van der Waals surface area contributed by atoms with Crippen molar-refractivity contribution >= 4 is 25.3 Å². The van der Waals surface area contributed by atoms with Crippen molar-refractivity contribution in [3.63, 3.8) is 0 Å². The summed E-state index contributed by atoms with van der Waals surface area (Å²) in [6.07, 6.45) is 15.1. The van der Waals surface area contributed by atoms with E-state index in [0.717, 1.165) is 5.57 Å². The molecule has 0 heterocycles. The molecule has 0 atom stereocenters. The lowest BCUT2D eigenvalue weighted by Gasteiger charge is -1.89. The van der Waals surface area contributed by atoms with Gasteiger partial charge in [-0.15, -0.1) is 0 Å². The third-order valence-electron chi connectivity index (χ3n) is 1.29. The molecule has 0 bridgehead atoms. The van der Waals surface area contributed by atoms with Gasteiger partial charge in [0.1, 0.15) is 0 Å². The quantitative estimate of drug-likeness (QED) is 0.508. The van der Waals surface area contributed by atoms with E-state index < -0.39 is 0 Å². The van der Waals surface area contributed by atoms with Crippen molar-refractivity contribution in [3.8, 4) is 0 Å². The SMILES string of the molecule is C=C/C=C/C(=C/C=C\S)/C=C/C=C\S. The molecular formula is C12H14S2. The highest BCUT2D eigenvalue weighted by Crippen LogP contribution is 2.01. The van der Waals surface area contributed by atoms with E-state index in [2.05, 4.69) is 31.8 Å². The first-order valence-corrected chi connectivity index (χ1v) is 5.16. The van der Waals surface area contributed by atoms with Gasteiger partial charge in [0, 0.05) is 0 Å². The molecule has 0 fully saturated rings. The third kappa shape index (κ3) is 7.77. The molecule has 0 nitrogen and oxygen atoms in total. The maximum absolute atomic E-state index is 3.98. The molecule has 0 saturated carbocycles. The molecule has 0 N–H and O–H groups in total. The Morgan fingerprint density at radius 1 is 0.857 bits per heavy atom. The van der Waals surface area contributed by atoms with Crippen molar-refractivity contribution in [3.05, 3.63) is 71.6 Å². The highest BCUT2D eigenvalue weighted by Gasteiger charge is 1.80. The zero-order chi connectivity index (χ0) is 10.6. The summed E-state index contributed by atoms with van der Waals surface area (Å²) in [7, 11) is 0. The lowest BCUT2D eigenvalue weighted by molar-refractivity contribution is 1.68. The molecule has 14 heavy (non-hydrogen) atoms. The largest absolute Gasteiger partial charge is 0.151 e. The van der Waals surface area contributed by atoms with Crippen LogP contribution in [0.1, 0.15) is 0 Å².